The van der Waals surface area contributed by atoms with Gasteiger partial charge in [0.05, 0.1) is 19.1 Å². The van der Waals surface area contributed by atoms with Crippen molar-refractivity contribution in [2.75, 3.05) is 33.4 Å². The zero-order chi connectivity index (χ0) is 15.1. The third kappa shape index (κ3) is 4.33. The quantitative estimate of drug-likeness (QED) is 0.723. The van der Waals surface area contributed by atoms with Gasteiger partial charge in [0.2, 0.25) is 5.91 Å². The van der Waals surface area contributed by atoms with E-state index in [0.717, 1.165) is 24.2 Å². The van der Waals surface area contributed by atoms with Crippen LogP contribution in [0.25, 0.3) is 0 Å². The minimum atomic E-state index is 0.0167. The van der Waals surface area contributed by atoms with Crippen LogP contribution in [0, 0.1) is 5.92 Å². The van der Waals surface area contributed by atoms with E-state index in [2.05, 4.69) is 6.58 Å². The summed E-state index contributed by atoms with van der Waals surface area (Å²) in [7, 11) is 1.82. The molecule has 21 heavy (non-hydrogen) atoms. The van der Waals surface area contributed by atoms with Crippen LogP contribution in [0.3, 0.4) is 0 Å². The summed E-state index contributed by atoms with van der Waals surface area (Å²) in [5.74, 6) is 1.03. The summed E-state index contributed by atoms with van der Waals surface area (Å²) >= 11 is 0. The molecule has 0 aromatic heterocycles. The van der Waals surface area contributed by atoms with Crippen LogP contribution in [0.2, 0.25) is 0 Å². The first-order valence-corrected chi connectivity index (χ1v) is 7.36. The number of benzene rings is 1. The van der Waals surface area contributed by atoms with Crippen molar-refractivity contribution in [2.24, 2.45) is 5.92 Å². The Morgan fingerprint density at radius 3 is 3.05 bits per heavy atom. The van der Waals surface area contributed by atoms with Gasteiger partial charge < -0.3 is 14.4 Å². The second-order valence-electron chi connectivity index (χ2n) is 5.27. The van der Waals surface area contributed by atoms with E-state index in [9.17, 15) is 4.79 Å². The summed E-state index contributed by atoms with van der Waals surface area (Å²) in [5, 5.41) is 0. The van der Waals surface area contributed by atoms with Gasteiger partial charge in [-0.2, -0.15) is 0 Å². The van der Waals surface area contributed by atoms with Gasteiger partial charge in [-0.3, -0.25) is 4.79 Å². The van der Waals surface area contributed by atoms with Crippen LogP contribution in [0.5, 0.6) is 5.75 Å². The molecule has 1 saturated heterocycles. The Hall–Kier alpha value is -1.81. The number of likely N-dealkylation sites (N-methyl/N-ethyl adjacent to an activating group) is 1. The average Bonchev–Trinajstić information content (AvgIpc) is 3.02. The van der Waals surface area contributed by atoms with Gasteiger partial charge in [0.25, 0.3) is 0 Å². The van der Waals surface area contributed by atoms with E-state index in [1.54, 1.807) is 4.90 Å². The van der Waals surface area contributed by atoms with E-state index >= 15 is 0 Å². The van der Waals surface area contributed by atoms with E-state index < -0.39 is 0 Å². The molecule has 1 aromatic carbocycles. The van der Waals surface area contributed by atoms with Crippen LogP contribution in [0.1, 0.15) is 12.0 Å². The van der Waals surface area contributed by atoms with E-state index in [1.807, 2.05) is 37.4 Å². The second kappa shape index (κ2) is 7.84. The third-order valence-corrected chi connectivity index (χ3v) is 3.68. The largest absolute Gasteiger partial charge is 0.491 e. The van der Waals surface area contributed by atoms with Gasteiger partial charge in [0.1, 0.15) is 12.4 Å². The van der Waals surface area contributed by atoms with Gasteiger partial charge >= 0.3 is 0 Å². The highest BCUT2D eigenvalue weighted by Gasteiger charge is 2.26. The second-order valence-corrected chi connectivity index (χ2v) is 5.27. The smallest absolute Gasteiger partial charge is 0.227 e. The number of nitrogens with zero attached hydrogens (tertiary/aromatic N) is 1. The molecule has 1 amide bonds. The molecule has 0 spiro atoms. The molecule has 1 heterocycles. The zero-order valence-electron chi connectivity index (χ0n) is 12.6. The average molecular weight is 289 g/mol. The van der Waals surface area contributed by atoms with Gasteiger partial charge in [-0.15, -0.1) is 6.58 Å². The fourth-order valence-electron chi connectivity index (χ4n) is 2.41. The number of carbonyl (C=O) groups is 1. The van der Waals surface area contributed by atoms with Crippen molar-refractivity contribution in [3.8, 4) is 5.75 Å². The zero-order valence-corrected chi connectivity index (χ0v) is 12.6. The summed E-state index contributed by atoms with van der Waals surface area (Å²) < 4.78 is 11.1. The highest BCUT2D eigenvalue weighted by Crippen LogP contribution is 2.19. The van der Waals surface area contributed by atoms with E-state index in [4.69, 9.17) is 9.47 Å². The highest BCUT2D eigenvalue weighted by molar-refractivity contribution is 5.78. The Morgan fingerprint density at radius 1 is 1.52 bits per heavy atom. The van der Waals surface area contributed by atoms with Crippen LogP contribution in [0.4, 0.5) is 0 Å². The molecule has 0 radical (unpaired) electrons. The molecule has 114 valence electrons. The topological polar surface area (TPSA) is 38.8 Å². The first-order valence-electron chi connectivity index (χ1n) is 7.36. The minimum Gasteiger partial charge on any atom is -0.491 e. The van der Waals surface area contributed by atoms with Crippen molar-refractivity contribution < 1.29 is 14.3 Å². The normalized spacial score (nSPS) is 17.5. The van der Waals surface area contributed by atoms with E-state index in [1.165, 1.54) is 0 Å². The molecule has 1 atom stereocenters. The minimum absolute atomic E-state index is 0.0167. The molecule has 1 aliphatic rings. The predicted molar refractivity (Wildman–Crippen MR) is 82.4 cm³/mol. The van der Waals surface area contributed by atoms with Gasteiger partial charge in [-0.05, 0) is 24.5 Å². The van der Waals surface area contributed by atoms with Gasteiger partial charge in [-0.25, -0.2) is 0 Å². The number of hydrogen-bond acceptors (Lipinski definition) is 3. The Labute approximate surface area is 126 Å². The predicted octanol–water partition coefficient (Wildman–Crippen LogP) is 2.29. The fourth-order valence-corrected chi connectivity index (χ4v) is 2.41. The van der Waals surface area contributed by atoms with E-state index in [0.29, 0.717) is 26.4 Å². The van der Waals surface area contributed by atoms with Crippen LogP contribution >= 0.6 is 0 Å². The maximum atomic E-state index is 12.1. The van der Waals surface area contributed by atoms with Crippen molar-refractivity contribution >= 4 is 5.91 Å². The number of carbonyl (C=O) groups excluding carboxylic acids is 1. The number of rotatable bonds is 7. The van der Waals surface area contributed by atoms with Crippen LogP contribution < -0.4 is 4.74 Å². The molecule has 0 unspecified atom stereocenters. The molecule has 1 aliphatic heterocycles. The Balaban J connectivity index is 1.80. The summed E-state index contributed by atoms with van der Waals surface area (Å²) in [4.78, 5) is 13.9. The molecule has 0 bridgehead atoms. The lowest BCUT2D eigenvalue weighted by atomic mass is 10.1. The summed E-state index contributed by atoms with van der Waals surface area (Å²) in [6.07, 6.45) is 3.47. The number of allylic oxidation sites excluding steroid dienone is 1. The first kappa shape index (κ1) is 15.6. The van der Waals surface area contributed by atoms with Crippen molar-refractivity contribution in [3.63, 3.8) is 0 Å². The number of amides is 1. The maximum Gasteiger partial charge on any atom is 0.227 e. The van der Waals surface area contributed by atoms with Gasteiger partial charge in [-0.1, -0.05) is 24.3 Å². The lowest BCUT2D eigenvalue weighted by Gasteiger charge is -2.20. The fraction of sp³-hybridized carbons (Fsp3) is 0.471. The third-order valence-electron chi connectivity index (χ3n) is 3.68. The van der Waals surface area contributed by atoms with Crippen LogP contribution in [-0.4, -0.2) is 44.2 Å². The number of hydrogen-bond donors (Lipinski definition) is 0. The van der Waals surface area contributed by atoms with Crippen molar-refractivity contribution in [2.45, 2.75) is 12.8 Å². The Bertz CT molecular complexity index is 481. The molecule has 4 heteroatoms. The molecule has 2 rings (SSSR count). The Kier molecular flexibility index (Phi) is 5.81. The SMILES string of the molecule is C=CCc1ccccc1OCCN(C)C(=O)[C@H]1CCOC1. The van der Waals surface area contributed by atoms with Crippen LogP contribution in [0.15, 0.2) is 36.9 Å². The molecular formula is C17H23NO3. The molecule has 1 fully saturated rings. The molecule has 0 N–H and O–H groups in total. The van der Waals surface area contributed by atoms with Gasteiger partial charge in [0, 0.05) is 13.7 Å². The summed E-state index contributed by atoms with van der Waals surface area (Å²) in [5.41, 5.74) is 1.12. The molecule has 1 aromatic rings. The molecular weight excluding hydrogens is 266 g/mol. The first-order chi connectivity index (χ1) is 10.2. The highest BCUT2D eigenvalue weighted by atomic mass is 16.5. The maximum absolute atomic E-state index is 12.1. The van der Waals surface area contributed by atoms with Crippen molar-refractivity contribution in [1.82, 2.24) is 4.90 Å². The molecule has 0 aliphatic carbocycles. The monoisotopic (exact) mass is 289 g/mol. The molecule has 0 saturated carbocycles. The summed E-state index contributed by atoms with van der Waals surface area (Å²) in [6.45, 7) is 6.06. The lowest BCUT2D eigenvalue weighted by molar-refractivity contribution is -0.134. The lowest BCUT2D eigenvalue weighted by Crippen LogP contribution is -2.36. The van der Waals surface area contributed by atoms with Gasteiger partial charge in [0.15, 0.2) is 0 Å². The van der Waals surface area contributed by atoms with E-state index in [-0.39, 0.29) is 11.8 Å². The van der Waals surface area contributed by atoms with Crippen molar-refractivity contribution in [1.29, 1.82) is 0 Å². The Morgan fingerprint density at radius 2 is 2.33 bits per heavy atom. The standard InChI is InChI=1S/C17H23NO3/c1-3-6-14-7-4-5-8-16(14)21-12-10-18(2)17(19)15-9-11-20-13-15/h3-5,7-8,15H,1,6,9-13H2,2H3/t15-/m0/s1. The number of ether oxygens (including phenoxy) is 2. The van der Waals surface area contributed by atoms with Crippen LogP contribution in [-0.2, 0) is 16.0 Å². The van der Waals surface area contributed by atoms with Crippen molar-refractivity contribution in [3.05, 3.63) is 42.5 Å². The molecule has 4 nitrogen and oxygen atoms in total. The number of para-hydroxylation sites is 1. The summed E-state index contributed by atoms with van der Waals surface area (Å²) in [6, 6.07) is 7.92.